The minimum atomic E-state index is -0.631. The molecular formula is C26H31BrN2O5S. The Hall–Kier alpha value is -2.04. The number of aryl methyl sites for hydroxylation is 1. The minimum absolute atomic E-state index is 0.153. The second-order valence-corrected chi connectivity index (χ2v) is 10.3. The number of nitrogens with zero attached hydrogens (tertiary/aromatic N) is 2. The van der Waals surface area contributed by atoms with Crippen molar-refractivity contribution in [2.24, 2.45) is 7.05 Å². The van der Waals surface area contributed by atoms with E-state index in [1.165, 1.54) is 0 Å². The molecule has 0 spiro atoms. The number of aliphatic hydroxyl groups excluding tert-OH is 1. The van der Waals surface area contributed by atoms with Gasteiger partial charge in [-0.05, 0) is 47.1 Å². The van der Waals surface area contributed by atoms with Crippen LogP contribution >= 0.6 is 27.7 Å². The van der Waals surface area contributed by atoms with E-state index in [1.54, 1.807) is 11.8 Å². The number of carbonyl (C=O) groups excluding carboxylic acids is 1. The molecule has 2 heterocycles. The Morgan fingerprint density at radius 3 is 2.69 bits per heavy atom. The van der Waals surface area contributed by atoms with E-state index in [1.807, 2.05) is 48.9 Å². The van der Waals surface area contributed by atoms with Crippen LogP contribution in [0.15, 0.2) is 51.8 Å². The first-order valence-corrected chi connectivity index (χ1v) is 13.5. The lowest BCUT2D eigenvalue weighted by Gasteiger charge is -2.28. The fourth-order valence-electron chi connectivity index (χ4n) is 4.19. The minimum Gasteiger partial charge on any atom is -0.490 e. The molecule has 1 fully saturated rings. The standard InChI is InChI=1S/C26H31BrN2O5S/c1-3-33-26(31)25-20-13-24(34-16-18(30)15-29-9-11-32-12-10-29)21(27)14-22(20)28(2)23(25)17-35-19-7-5-4-6-8-19/h4-8,13-14,18,30H,3,9-12,15-17H2,1-2H3/t18-/m0/s1. The molecule has 4 rings (SSSR count). The Kier molecular flexibility index (Phi) is 9.13. The van der Waals surface area contributed by atoms with Gasteiger partial charge < -0.3 is 23.9 Å². The van der Waals surface area contributed by atoms with Crippen molar-refractivity contribution < 1.29 is 24.1 Å². The summed E-state index contributed by atoms with van der Waals surface area (Å²) in [5, 5.41) is 11.3. The SMILES string of the molecule is CCOC(=O)c1c(CSc2ccccc2)n(C)c2cc(Br)c(OC[C@@H](O)CN3CCOCC3)cc12. The number of halogens is 1. The van der Waals surface area contributed by atoms with E-state index in [-0.39, 0.29) is 12.6 Å². The highest BCUT2D eigenvalue weighted by molar-refractivity contribution is 9.10. The summed E-state index contributed by atoms with van der Waals surface area (Å²) in [6.45, 7) is 5.78. The van der Waals surface area contributed by atoms with E-state index in [0.717, 1.165) is 39.1 Å². The Labute approximate surface area is 218 Å². The number of rotatable bonds is 10. The Balaban J connectivity index is 1.58. The molecule has 3 aromatic rings. The van der Waals surface area contributed by atoms with E-state index in [0.29, 0.717) is 43.4 Å². The van der Waals surface area contributed by atoms with Crippen LogP contribution in [0.5, 0.6) is 5.75 Å². The smallest absolute Gasteiger partial charge is 0.340 e. The second-order valence-electron chi connectivity index (χ2n) is 8.38. The molecular weight excluding hydrogens is 532 g/mol. The molecule has 9 heteroatoms. The average molecular weight is 564 g/mol. The van der Waals surface area contributed by atoms with Gasteiger partial charge in [-0.3, -0.25) is 4.90 Å². The van der Waals surface area contributed by atoms with Gasteiger partial charge in [0, 0.05) is 48.4 Å². The van der Waals surface area contributed by atoms with Crippen LogP contribution in [0.4, 0.5) is 0 Å². The molecule has 35 heavy (non-hydrogen) atoms. The van der Waals surface area contributed by atoms with Crippen molar-refractivity contribution in [2.75, 3.05) is 46.1 Å². The van der Waals surface area contributed by atoms with Crippen LogP contribution in [0.3, 0.4) is 0 Å². The normalized spacial score (nSPS) is 15.3. The maximum absolute atomic E-state index is 13.0. The summed E-state index contributed by atoms with van der Waals surface area (Å²) in [6, 6.07) is 13.9. The van der Waals surface area contributed by atoms with Crippen molar-refractivity contribution in [3.63, 3.8) is 0 Å². The van der Waals surface area contributed by atoms with Gasteiger partial charge in [-0.15, -0.1) is 11.8 Å². The van der Waals surface area contributed by atoms with Gasteiger partial charge in [-0.2, -0.15) is 0 Å². The van der Waals surface area contributed by atoms with Gasteiger partial charge >= 0.3 is 5.97 Å². The molecule has 1 N–H and O–H groups in total. The number of hydrogen-bond acceptors (Lipinski definition) is 7. The van der Waals surface area contributed by atoms with Crippen LogP contribution in [0.2, 0.25) is 0 Å². The number of β-amino-alcohol motifs (C(OH)–C–C–N with tert-alkyl or cyclic N) is 1. The molecule has 188 valence electrons. The number of hydrogen-bond donors (Lipinski definition) is 1. The van der Waals surface area contributed by atoms with Crippen LogP contribution in [-0.4, -0.2) is 72.7 Å². The van der Waals surface area contributed by atoms with Crippen LogP contribution < -0.4 is 4.74 Å². The predicted molar refractivity (Wildman–Crippen MR) is 141 cm³/mol. The van der Waals surface area contributed by atoms with Gasteiger partial charge in [0.25, 0.3) is 0 Å². The van der Waals surface area contributed by atoms with Crippen molar-refractivity contribution in [1.29, 1.82) is 0 Å². The molecule has 0 radical (unpaired) electrons. The number of benzene rings is 2. The van der Waals surface area contributed by atoms with Crippen molar-refractivity contribution in [3.05, 3.63) is 58.2 Å². The van der Waals surface area contributed by atoms with Gasteiger partial charge in [-0.25, -0.2) is 4.79 Å². The third kappa shape index (κ3) is 6.40. The summed E-state index contributed by atoms with van der Waals surface area (Å²) >= 11 is 5.28. The molecule has 1 saturated heterocycles. The summed E-state index contributed by atoms with van der Waals surface area (Å²) in [5.41, 5.74) is 2.35. The van der Waals surface area contributed by atoms with E-state index >= 15 is 0 Å². The number of thioether (sulfide) groups is 1. The topological polar surface area (TPSA) is 73.2 Å². The zero-order valence-electron chi connectivity index (χ0n) is 20.0. The number of morpholine rings is 1. The molecule has 1 aliphatic rings. The summed E-state index contributed by atoms with van der Waals surface area (Å²) in [7, 11) is 1.96. The monoisotopic (exact) mass is 562 g/mol. The third-order valence-electron chi connectivity index (χ3n) is 5.98. The van der Waals surface area contributed by atoms with E-state index in [2.05, 4.69) is 33.0 Å². The summed E-state index contributed by atoms with van der Waals surface area (Å²) in [5.74, 6) is 0.856. The number of fused-ring (bicyclic) bond motifs is 1. The fourth-order valence-corrected chi connectivity index (χ4v) is 5.63. The zero-order valence-corrected chi connectivity index (χ0v) is 22.4. The van der Waals surface area contributed by atoms with Gasteiger partial charge in [-0.1, -0.05) is 18.2 Å². The highest BCUT2D eigenvalue weighted by Gasteiger charge is 2.24. The molecule has 2 aromatic carbocycles. The van der Waals surface area contributed by atoms with E-state index in [9.17, 15) is 9.90 Å². The van der Waals surface area contributed by atoms with Gasteiger partial charge in [0.05, 0.1) is 35.4 Å². The molecule has 1 atom stereocenters. The molecule has 7 nitrogen and oxygen atoms in total. The van der Waals surface area contributed by atoms with Crippen molar-refractivity contribution in [3.8, 4) is 5.75 Å². The average Bonchev–Trinajstić information content (AvgIpc) is 3.13. The van der Waals surface area contributed by atoms with E-state index in [4.69, 9.17) is 14.2 Å². The molecule has 1 aromatic heterocycles. The van der Waals surface area contributed by atoms with Crippen molar-refractivity contribution in [1.82, 2.24) is 9.47 Å². The maximum atomic E-state index is 13.0. The number of carbonyl (C=O) groups is 1. The number of ether oxygens (including phenoxy) is 3. The lowest BCUT2D eigenvalue weighted by atomic mass is 10.1. The van der Waals surface area contributed by atoms with Crippen LogP contribution in [-0.2, 0) is 22.3 Å². The lowest BCUT2D eigenvalue weighted by Crippen LogP contribution is -2.42. The van der Waals surface area contributed by atoms with Gasteiger partial charge in [0.15, 0.2) is 0 Å². The first-order chi connectivity index (χ1) is 17.0. The summed E-state index contributed by atoms with van der Waals surface area (Å²) in [4.78, 5) is 16.3. The van der Waals surface area contributed by atoms with Gasteiger partial charge in [0.2, 0.25) is 0 Å². The van der Waals surface area contributed by atoms with Crippen molar-refractivity contribution in [2.45, 2.75) is 23.7 Å². The summed E-state index contributed by atoms with van der Waals surface area (Å²) in [6.07, 6.45) is -0.631. The van der Waals surface area contributed by atoms with Crippen LogP contribution in [0.25, 0.3) is 10.9 Å². The second kappa shape index (κ2) is 12.3. The molecule has 0 aliphatic carbocycles. The van der Waals surface area contributed by atoms with Gasteiger partial charge in [0.1, 0.15) is 18.5 Å². The number of aliphatic hydroxyl groups is 1. The Bertz CT molecular complexity index is 1150. The quantitative estimate of drug-likeness (QED) is 0.288. The summed E-state index contributed by atoms with van der Waals surface area (Å²) < 4.78 is 19.6. The molecule has 0 amide bonds. The highest BCUT2D eigenvalue weighted by atomic mass is 79.9. The van der Waals surface area contributed by atoms with Crippen LogP contribution in [0, 0.1) is 0 Å². The van der Waals surface area contributed by atoms with E-state index < -0.39 is 6.10 Å². The Morgan fingerprint density at radius 1 is 1.23 bits per heavy atom. The Morgan fingerprint density at radius 2 is 1.97 bits per heavy atom. The van der Waals surface area contributed by atoms with Crippen LogP contribution in [0.1, 0.15) is 23.0 Å². The zero-order chi connectivity index (χ0) is 24.8. The fraction of sp³-hybridized carbons (Fsp3) is 0.423. The lowest BCUT2D eigenvalue weighted by molar-refractivity contribution is 0.00459. The third-order valence-corrected chi connectivity index (χ3v) is 7.62. The molecule has 1 aliphatic heterocycles. The number of esters is 1. The molecule has 0 saturated carbocycles. The first-order valence-electron chi connectivity index (χ1n) is 11.7. The van der Waals surface area contributed by atoms with Crippen molar-refractivity contribution >= 4 is 44.6 Å². The first kappa shape index (κ1) is 26.0. The maximum Gasteiger partial charge on any atom is 0.340 e. The molecule has 0 bridgehead atoms. The largest absolute Gasteiger partial charge is 0.490 e. The highest BCUT2D eigenvalue weighted by Crippen LogP contribution is 2.37. The predicted octanol–water partition coefficient (Wildman–Crippen LogP) is 4.48. The number of aromatic nitrogens is 1. The molecule has 0 unspecified atom stereocenters.